The second-order valence-electron chi connectivity index (χ2n) is 4.24. The number of benzene rings is 1. The van der Waals surface area contributed by atoms with Gasteiger partial charge in [0.1, 0.15) is 17.2 Å². The van der Waals surface area contributed by atoms with Crippen molar-refractivity contribution in [1.29, 1.82) is 0 Å². The van der Waals surface area contributed by atoms with Gasteiger partial charge in [-0.2, -0.15) is 5.10 Å². The summed E-state index contributed by atoms with van der Waals surface area (Å²) in [5, 5.41) is 12.2. The van der Waals surface area contributed by atoms with Crippen LogP contribution in [0.25, 0.3) is 22.5 Å². The van der Waals surface area contributed by atoms with Crippen LogP contribution >= 0.6 is 22.9 Å². The van der Waals surface area contributed by atoms with Crippen LogP contribution in [0.15, 0.2) is 42.0 Å². The van der Waals surface area contributed by atoms with E-state index in [1.165, 1.54) is 17.7 Å². The van der Waals surface area contributed by atoms with Crippen molar-refractivity contribution in [3.05, 3.63) is 42.0 Å². The second-order valence-corrected chi connectivity index (χ2v) is 5.38. The van der Waals surface area contributed by atoms with Crippen LogP contribution in [0.2, 0.25) is 0 Å². The number of nitrogens with zero attached hydrogens (tertiary/aromatic N) is 2. The number of carbonyl (C=O) groups is 1. The van der Waals surface area contributed by atoms with Crippen molar-refractivity contribution in [1.82, 2.24) is 15.2 Å². The Kier molecular flexibility index (Phi) is 3.98. The number of hydrogen-bond acceptors (Lipinski definition) is 4. The zero-order valence-corrected chi connectivity index (χ0v) is 12.4. The Morgan fingerprint density at radius 1 is 1.33 bits per heavy atom. The molecule has 0 aliphatic heterocycles. The molecule has 3 rings (SSSR count). The van der Waals surface area contributed by atoms with Crippen molar-refractivity contribution in [3.63, 3.8) is 0 Å². The standard InChI is InChI=1S/C14H11ClN4OS/c15-6-11(20)18-14-12(13-16-8-17-19-13)10(7-21-14)9-4-2-1-3-5-9/h1-5,7-8H,6H2,(H,18,20)(H,16,17,19). The highest BCUT2D eigenvalue weighted by molar-refractivity contribution is 7.15. The molecule has 1 amide bonds. The van der Waals surface area contributed by atoms with Gasteiger partial charge in [0.05, 0.1) is 5.56 Å². The third-order valence-electron chi connectivity index (χ3n) is 2.90. The average molecular weight is 319 g/mol. The number of anilines is 1. The fourth-order valence-electron chi connectivity index (χ4n) is 2.00. The van der Waals surface area contributed by atoms with E-state index >= 15 is 0 Å². The van der Waals surface area contributed by atoms with Gasteiger partial charge in [0.15, 0.2) is 5.82 Å². The summed E-state index contributed by atoms with van der Waals surface area (Å²) in [6.45, 7) is 0. The quantitative estimate of drug-likeness (QED) is 0.724. The molecule has 0 aliphatic rings. The maximum absolute atomic E-state index is 11.6. The molecule has 21 heavy (non-hydrogen) atoms. The smallest absolute Gasteiger partial charge is 0.239 e. The maximum Gasteiger partial charge on any atom is 0.239 e. The molecule has 2 heterocycles. The molecule has 0 spiro atoms. The van der Waals surface area contributed by atoms with Crippen LogP contribution in [0.1, 0.15) is 0 Å². The number of alkyl halides is 1. The summed E-state index contributed by atoms with van der Waals surface area (Å²) < 4.78 is 0. The van der Waals surface area contributed by atoms with E-state index in [1.54, 1.807) is 0 Å². The molecule has 0 aliphatic carbocycles. The van der Waals surface area contributed by atoms with Gasteiger partial charge in [0, 0.05) is 10.9 Å². The topological polar surface area (TPSA) is 70.7 Å². The summed E-state index contributed by atoms with van der Waals surface area (Å²) in [5.74, 6) is 0.271. The van der Waals surface area contributed by atoms with Crippen molar-refractivity contribution in [3.8, 4) is 22.5 Å². The van der Waals surface area contributed by atoms with Gasteiger partial charge >= 0.3 is 0 Å². The van der Waals surface area contributed by atoms with E-state index in [0.29, 0.717) is 10.8 Å². The van der Waals surface area contributed by atoms with Gasteiger partial charge in [-0.15, -0.1) is 22.9 Å². The molecule has 3 aromatic rings. The lowest BCUT2D eigenvalue weighted by Crippen LogP contribution is -2.12. The summed E-state index contributed by atoms with van der Waals surface area (Å²) in [5.41, 5.74) is 2.86. The van der Waals surface area contributed by atoms with Crippen LogP contribution in [0.5, 0.6) is 0 Å². The Labute approximate surface area is 130 Å². The number of hydrogen-bond donors (Lipinski definition) is 2. The number of halogens is 1. The molecule has 0 saturated heterocycles. The van der Waals surface area contributed by atoms with Crippen LogP contribution in [-0.4, -0.2) is 27.0 Å². The number of H-pyrrole nitrogens is 1. The Morgan fingerprint density at radius 2 is 2.14 bits per heavy atom. The monoisotopic (exact) mass is 318 g/mol. The fourth-order valence-corrected chi connectivity index (χ4v) is 3.05. The first-order chi connectivity index (χ1) is 10.3. The van der Waals surface area contributed by atoms with Gasteiger partial charge in [-0.1, -0.05) is 30.3 Å². The van der Waals surface area contributed by atoms with E-state index in [1.807, 2.05) is 35.7 Å². The number of amides is 1. The molecule has 0 fully saturated rings. The van der Waals surface area contributed by atoms with Gasteiger partial charge in [-0.05, 0) is 5.56 Å². The first-order valence-electron chi connectivity index (χ1n) is 6.18. The summed E-state index contributed by atoms with van der Waals surface area (Å²) in [7, 11) is 0. The molecule has 7 heteroatoms. The lowest BCUT2D eigenvalue weighted by molar-refractivity contribution is -0.113. The highest BCUT2D eigenvalue weighted by Gasteiger charge is 2.18. The minimum Gasteiger partial charge on any atom is -0.316 e. The molecule has 0 saturated carbocycles. The third-order valence-corrected chi connectivity index (χ3v) is 4.04. The molecule has 0 radical (unpaired) electrons. The highest BCUT2D eigenvalue weighted by atomic mass is 35.5. The van der Waals surface area contributed by atoms with Crippen LogP contribution in [0.3, 0.4) is 0 Å². The molecule has 106 valence electrons. The Bertz CT molecular complexity index is 740. The van der Waals surface area contributed by atoms with E-state index in [9.17, 15) is 4.79 Å². The molecule has 2 N–H and O–H groups in total. The Hall–Kier alpha value is -2.18. The molecule has 0 bridgehead atoms. The van der Waals surface area contributed by atoms with E-state index in [4.69, 9.17) is 11.6 Å². The molecule has 5 nitrogen and oxygen atoms in total. The van der Waals surface area contributed by atoms with Crippen LogP contribution in [0.4, 0.5) is 5.00 Å². The number of carbonyl (C=O) groups excluding carboxylic acids is 1. The molecule has 2 aromatic heterocycles. The normalized spacial score (nSPS) is 10.5. The summed E-state index contributed by atoms with van der Waals surface area (Å²) >= 11 is 6.99. The average Bonchev–Trinajstić information content (AvgIpc) is 3.17. The second kappa shape index (κ2) is 6.07. The number of thiophene rings is 1. The first kappa shape index (κ1) is 13.8. The first-order valence-corrected chi connectivity index (χ1v) is 7.59. The maximum atomic E-state index is 11.6. The fraction of sp³-hybridized carbons (Fsp3) is 0.0714. The lowest BCUT2D eigenvalue weighted by atomic mass is 10.0. The van der Waals surface area contributed by atoms with E-state index < -0.39 is 0 Å². The summed E-state index contributed by atoms with van der Waals surface area (Å²) in [6.07, 6.45) is 1.44. The lowest BCUT2D eigenvalue weighted by Gasteiger charge is -2.06. The largest absolute Gasteiger partial charge is 0.316 e. The molecular formula is C14H11ClN4OS. The highest BCUT2D eigenvalue weighted by Crippen LogP contribution is 2.41. The van der Waals surface area contributed by atoms with Crippen molar-refractivity contribution < 1.29 is 4.79 Å². The predicted octanol–water partition coefficient (Wildman–Crippen LogP) is 3.38. The van der Waals surface area contributed by atoms with E-state index in [-0.39, 0.29) is 11.8 Å². The zero-order valence-electron chi connectivity index (χ0n) is 10.8. The van der Waals surface area contributed by atoms with Crippen LogP contribution in [-0.2, 0) is 4.79 Å². The van der Waals surface area contributed by atoms with Crippen molar-refractivity contribution in [2.75, 3.05) is 11.2 Å². The number of nitrogens with one attached hydrogen (secondary N) is 2. The zero-order chi connectivity index (χ0) is 14.7. The number of aromatic amines is 1. The number of rotatable bonds is 4. The summed E-state index contributed by atoms with van der Waals surface area (Å²) in [4.78, 5) is 15.8. The predicted molar refractivity (Wildman–Crippen MR) is 84.5 cm³/mol. The van der Waals surface area contributed by atoms with E-state index in [2.05, 4.69) is 20.5 Å². The van der Waals surface area contributed by atoms with Gasteiger partial charge in [-0.3, -0.25) is 9.89 Å². The Balaban J connectivity index is 2.11. The van der Waals surface area contributed by atoms with Gasteiger partial charge < -0.3 is 5.32 Å². The Morgan fingerprint density at radius 3 is 2.81 bits per heavy atom. The molecular weight excluding hydrogens is 308 g/mol. The SMILES string of the molecule is O=C(CCl)Nc1scc(-c2ccccc2)c1-c1ncn[nH]1. The van der Waals surface area contributed by atoms with Gasteiger partial charge in [-0.25, -0.2) is 4.98 Å². The van der Waals surface area contributed by atoms with E-state index in [0.717, 1.165) is 16.7 Å². The third kappa shape index (κ3) is 2.81. The van der Waals surface area contributed by atoms with Crippen molar-refractivity contribution in [2.24, 2.45) is 0 Å². The number of aromatic nitrogens is 3. The van der Waals surface area contributed by atoms with Gasteiger partial charge in [0.2, 0.25) is 5.91 Å². The van der Waals surface area contributed by atoms with Crippen molar-refractivity contribution >= 4 is 33.8 Å². The van der Waals surface area contributed by atoms with Crippen LogP contribution in [0, 0.1) is 0 Å². The minimum atomic E-state index is -0.251. The summed E-state index contributed by atoms with van der Waals surface area (Å²) in [6, 6.07) is 9.91. The molecule has 0 atom stereocenters. The van der Waals surface area contributed by atoms with Crippen LogP contribution < -0.4 is 5.32 Å². The molecule has 0 unspecified atom stereocenters. The molecule has 1 aromatic carbocycles. The van der Waals surface area contributed by atoms with Crippen molar-refractivity contribution in [2.45, 2.75) is 0 Å². The van der Waals surface area contributed by atoms with Gasteiger partial charge in [0.25, 0.3) is 0 Å². The minimum absolute atomic E-state index is 0.0889.